The first-order chi connectivity index (χ1) is 9.29. The molecular weight excluding hydrogens is 232 g/mol. The maximum absolute atomic E-state index is 8.98. The molecule has 0 aromatic heterocycles. The molecule has 0 radical (unpaired) electrons. The van der Waals surface area contributed by atoms with Gasteiger partial charge in [0.1, 0.15) is 0 Å². The van der Waals surface area contributed by atoms with Crippen molar-refractivity contribution in [3.8, 4) is 0 Å². The third-order valence-corrected chi connectivity index (χ3v) is 3.60. The van der Waals surface area contributed by atoms with Crippen LogP contribution < -0.4 is 0 Å². The number of fused-ring (bicyclic) bond motifs is 3. The molecule has 0 spiro atoms. The van der Waals surface area contributed by atoms with Crippen molar-refractivity contribution in [2.45, 2.75) is 6.92 Å². The molecule has 0 saturated carbocycles. The minimum Gasteiger partial charge on any atom is -0.392 e. The van der Waals surface area contributed by atoms with E-state index in [1.54, 1.807) is 0 Å². The summed E-state index contributed by atoms with van der Waals surface area (Å²) in [5.41, 5.74) is 2.27. The zero-order valence-corrected chi connectivity index (χ0v) is 10.9. The second-order valence-electron chi connectivity index (χ2n) is 4.79. The first-order valence-electron chi connectivity index (χ1n) is 6.49. The molecule has 1 heteroatoms. The Hall–Kier alpha value is -2.12. The monoisotopic (exact) mass is 248 g/mol. The number of allylic oxidation sites excluding steroid dienone is 1. The normalized spacial score (nSPS) is 12.2. The number of aliphatic hydroxyl groups is 1. The van der Waals surface area contributed by atoms with E-state index in [1.165, 1.54) is 21.5 Å². The van der Waals surface area contributed by atoms with Crippen LogP contribution in [-0.2, 0) is 0 Å². The third kappa shape index (κ3) is 2.13. The smallest absolute Gasteiger partial charge is 0.0618 e. The Kier molecular flexibility index (Phi) is 3.06. The summed E-state index contributed by atoms with van der Waals surface area (Å²) < 4.78 is 0. The Morgan fingerprint density at radius 2 is 1.68 bits per heavy atom. The van der Waals surface area contributed by atoms with Gasteiger partial charge in [-0.3, -0.25) is 0 Å². The van der Waals surface area contributed by atoms with Crippen LogP contribution in [0.4, 0.5) is 0 Å². The molecular formula is C18H16O. The molecule has 3 rings (SSSR count). The SMILES string of the molecule is C/C(=C\CO)c1ccc2c(ccc3ccccc32)c1. The maximum atomic E-state index is 8.98. The number of benzene rings is 3. The summed E-state index contributed by atoms with van der Waals surface area (Å²) in [5.74, 6) is 0. The molecule has 0 unspecified atom stereocenters. The van der Waals surface area contributed by atoms with Crippen molar-refractivity contribution < 1.29 is 5.11 Å². The van der Waals surface area contributed by atoms with Crippen LogP contribution in [0, 0.1) is 0 Å². The van der Waals surface area contributed by atoms with Gasteiger partial charge in [-0.05, 0) is 45.7 Å². The van der Waals surface area contributed by atoms with Gasteiger partial charge in [-0.25, -0.2) is 0 Å². The van der Waals surface area contributed by atoms with Gasteiger partial charge in [0.05, 0.1) is 6.61 Å². The molecule has 0 bridgehead atoms. The van der Waals surface area contributed by atoms with Crippen LogP contribution >= 0.6 is 0 Å². The predicted molar refractivity (Wildman–Crippen MR) is 82.2 cm³/mol. The van der Waals surface area contributed by atoms with Crippen molar-refractivity contribution in [3.63, 3.8) is 0 Å². The molecule has 3 aromatic rings. The van der Waals surface area contributed by atoms with E-state index < -0.39 is 0 Å². The zero-order valence-electron chi connectivity index (χ0n) is 10.9. The number of hydrogen-bond donors (Lipinski definition) is 1. The molecule has 0 aliphatic heterocycles. The molecule has 0 aliphatic carbocycles. The van der Waals surface area contributed by atoms with Gasteiger partial charge in [0.25, 0.3) is 0 Å². The van der Waals surface area contributed by atoms with Crippen molar-refractivity contribution in [3.05, 3.63) is 66.2 Å². The van der Waals surface area contributed by atoms with Crippen LogP contribution in [0.15, 0.2) is 60.7 Å². The van der Waals surface area contributed by atoms with Crippen LogP contribution in [-0.4, -0.2) is 11.7 Å². The average Bonchev–Trinajstić information content (AvgIpc) is 2.46. The zero-order chi connectivity index (χ0) is 13.2. The predicted octanol–water partition coefficient (Wildman–Crippen LogP) is 4.39. The quantitative estimate of drug-likeness (QED) is 0.667. The van der Waals surface area contributed by atoms with Crippen molar-refractivity contribution in [2.24, 2.45) is 0 Å². The summed E-state index contributed by atoms with van der Waals surface area (Å²) >= 11 is 0. The lowest BCUT2D eigenvalue weighted by atomic mass is 9.98. The number of rotatable bonds is 2. The fraction of sp³-hybridized carbons (Fsp3) is 0.111. The maximum Gasteiger partial charge on any atom is 0.0618 e. The van der Waals surface area contributed by atoms with Gasteiger partial charge < -0.3 is 5.11 Å². The summed E-state index contributed by atoms with van der Waals surface area (Å²) in [4.78, 5) is 0. The summed E-state index contributed by atoms with van der Waals surface area (Å²) in [5, 5.41) is 14.0. The first kappa shape index (κ1) is 11.9. The minimum absolute atomic E-state index is 0.0849. The summed E-state index contributed by atoms with van der Waals surface area (Å²) in [7, 11) is 0. The lowest BCUT2D eigenvalue weighted by Crippen LogP contribution is -1.84. The van der Waals surface area contributed by atoms with E-state index in [0.29, 0.717) is 0 Å². The Balaban J connectivity index is 2.25. The van der Waals surface area contributed by atoms with E-state index in [0.717, 1.165) is 11.1 Å². The van der Waals surface area contributed by atoms with Gasteiger partial charge >= 0.3 is 0 Å². The van der Waals surface area contributed by atoms with Crippen LogP contribution in [0.1, 0.15) is 12.5 Å². The van der Waals surface area contributed by atoms with Crippen molar-refractivity contribution in [2.75, 3.05) is 6.61 Å². The standard InChI is InChI=1S/C18H16O/c1-13(10-11-19)15-8-9-18-16(12-15)7-6-14-4-2-3-5-17(14)18/h2-10,12,19H,11H2,1H3/b13-10+. The van der Waals surface area contributed by atoms with Crippen LogP contribution in [0.3, 0.4) is 0 Å². The summed E-state index contributed by atoms with van der Waals surface area (Å²) in [6.07, 6.45) is 1.84. The molecule has 0 heterocycles. The molecule has 0 aliphatic rings. The van der Waals surface area contributed by atoms with E-state index in [4.69, 9.17) is 5.11 Å². The number of aliphatic hydroxyl groups excluding tert-OH is 1. The Labute approximate surface area is 112 Å². The van der Waals surface area contributed by atoms with E-state index in [9.17, 15) is 0 Å². The summed E-state index contributed by atoms with van der Waals surface area (Å²) in [6.45, 7) is 2.11. The van der Waals surface area contributed by atoms with E-state index >= 15 is 0 Å². The highest BCUT2D eigenvalue weighted by atomic mass is 16.2. The molecule has 0 amide bonds. The second-order valence-corrected chi connectivity index (χ2v) is 4.79. The molecule has 0 fully saturated rings. The average molecular weight is 248 g/mol. The first-order valence-corrected chi connectivity index (χ1v) is 6.49. The van der Waals surface area contributed by atoms with Crippen LogP contribution in [0.5, 0.6) is 0 Å². The van der Waals surface area contributed by atoms with Crippen molar-refractivity contribution in [1.29, 1.82) is 0 Å². The Morgan fingerprint density at radius 3 is 2.53 bits per heavy atom. The molecule has 94 valence electrons. The minimum atomic E-state index is 0.0849. The molecule has 3 aromatic carbocycles. The number of hydrogen-bond acceptors (Lipinski definition) is 1. The Bertz CT molecular complexity index is 769. The fourth-order valence-corrected chi connectivity index (χ4v) is 2.51. The highest BCUT2D eigenvalue weighted by Gasteiger charge is 2.02. The van der Waals surface area contributed by atoms with Crippen LogP contribution in [0.25, 0.3) is 27.1 Å². The highest BCUT2D eigenvalue weighted by molar-refractivity contribution is 6.08. The van der Waals surface area contributed by atoms with E-state index in [2.05, 4.69) is 54.6 Å². The molecule has 0 atom stereocenters. The second kappa shape index (κ2) is 4.87. The van der Waals surface area contributed by atoms with Gasteiger partial charge in [-0.2, -0.15) is 0 Å². The fourth-order valence-electron chi connectivity index (χ4n) is 2.51. The summed E-state index contributed by atoms with van der Waals surface area (Å²) in [6, 6.07) is 19.2. The van der Waals surface area contributed by atoms with Gasteiger partial charge in [0.2, 0.25) is 0 Å². The largest absolute Gasteiger partial charge is 0.392 e. The van der Waals surface area contributed by atoms with Gasteiger partial charge in [0.15, 0.2) is 0 Å². The van der Waals surface area contributed by atoms with Gasteiger partial charge in [-0.1, -0.05) is 54.6 Å². The topological polar surface area (TPSA) is 20.2 Å². The highest BCUT2D eigenvalue weighted by Crippen LogP contribution is 2.27. The lowest BCUT2D eigenvalue weighted by molar-refractivity contribution is 0.343. The van der Waals surface area contributed by atoms with Crippen molar-refractivity contribution in [1.82, 2.24) is 0 Å². The van der Waals surface area contributed by atoms with Crippen molar-refractivity contribution >= 4 is 27.1 Å². The van der Waals surface area contributed by atoms with Crippen LogP contribution in [0.2, 0.25) is 0 Å². The van der Waals surface area contributed by atoms with Gasteiger partial charge in [-0.15, -0.1) is 0 Å². The molecule has 1 nitrogen and oxygen atoms in total. The molecule has 19 heavy (non-hydrogen) atoms. The molecule has 1 N–H and O–H groups in total. The van der Waals surface area contributed by atoms with Gasteiger partial charge in [0, 0.05) is 0 Å². The van der Waals surface area contributed by atoms with E-state index in [-0.39, 0.29) is 6.61 Å². The van der Waals surface area contributed by atoms with E-state index in [1.807, 2.05) is 13.0 Å². The Morgan fingerprint density at radius 1 is 0.947 bits per heavy atom. The molecule has 0 saturated heterocycles. The third-order valence-electron chi connectivity index (χ3n) is 3.60. The lowest BCUT2D eigenvalue weighted by Gasteiger charge is -2.07.